The fourth-order valence-electron chi connectivity index (χ4n) is 4.39. The SMILES string of the molecule is CC(C)C(NC(=O)C1CCN(S(=O)(=O)c2ccc3c(c2)OCCCO3)CC1)c1ccc(F)cc1. The van der Waals surface area contributed by atoms with Crippen molar-refractivity contribution in [2.24, 2.45) is 11.8 Å². The molecule has 2 aliphatic heterocycles. The Morgan fingerprint density at radius 2 is 1.68 bits per heavy atom. The van der Waals surface area contributed by atoms with Crippen LogP contribution in [0, 0.1) is 17.7 Å². The highest BCUT2D eigenvalue weighted by Gasteiger charge is 2.33. The molecular formula is C25H31FN2O5S. The molecule has 1 atom stereocenters. The first-order chi connectivity index (χ1) is 16.3. The van der Waals surface area contributed by atoms with Crippen molar-refractivity contribution in [3.63, 3.8) is 0 Å². The van der Waals surface area contributed by atoms with E-state index >= 15 is 0 Å². The summed E-state index contributed by atoms with van der Waals surface area (Å²) in [6, 6.07) is 10.6. The highest BCUT2D eigenvalue weighted by molar-refractivity contribution is 7.89. The summed E-state index contributed by atoms with van der Waals surface area (Å²) in [5, 5.41) is 3.09. The van der Waals surface area contributed by atoms with Crippen LogP contribution in [0.1, 0.15) is 44.7 Å². The van der Waals surface area contributed by atoms with Crippen molar-refractivity contribution in [3.05, 3.63) is 53.8 Å². The molecule has 0 spiro atoms. The molecule has 7 nitrogen and oxygen atoms in total. The van der Waals surface area contributed by atoms with Gasteiger partial charge in [-0.25, -0.2) is 12.8 Å². The van der Waals surface area contributed by atoms with Gasteiger partial charge in [0.05, 0.1) is 24.2 Å². The molecule has 1 unspecified atom stereocenters. The average Bonchev–Trinajstić information content (AvgIpc) is 3.08. The first-order valence-corrected chi connectivity index (χ1v) is 13.2. The van der Waals surface area contributed by atoms with Gasteiger partial charge in [0.15, 0.2) is 11.5 Å². The zero-order valence-corrected chi connectivity index (χ0v) is 20.3. The van der Waals surface area contributed by atoms with Gasteiger partial charge in [0.1, 0.15) is 5.82 Å². The maximum absolute atomic E-state index is 13.3. The fourth-order valence-corrected chi connectivity index (χ4v) is 5.87. The topological polar surface area (TPSA) is 84.9 Å². The number of amides is 1. The first-order valence-electron chi connectivity index (χ1n) is 11.7. The third-order valence-corrected chi connectivity index (χ3v) is 8.27. The number of hydrogen-bond acceptors (Lipinski definition) is 5. The molecule has 0 saturated carbocycles. The minimum absolute atomic E-state index is 0.101. The summed E-state index contributed by atoms with van der Waals surface area (Å²) in [7, 11) is -3.71. The summed E-state index contributed by atoms with van der Waals surface area (Å²) in [4.78, 5) is 13.2. The third-order valence-electron chi connectivity index (χ3n) is 6.38. The summed E-state index contributed by atoms with van der Waals surface area (Å²) >= 11 is 0. The minimum atomic E-state index is -3.71. The van der Waals surface area contributed by atoms with Gasteiger partial charge in [-0.2, -0.15) is 4.31 Å². The van der Waals surface area contributed by atoms with Crippen LogP contribution in [0.4, 0.5) is 4.39 Å². The molecule has 2 aromatic carbocycles. The Hall–Kier alpha value is -2.65. The Kier molecular flexibility index (Phi) is 7.42. The third kappa shape index (κ3) is 5.36. The highest BCUT2D eigenvalue weighted by atomic mass is 32.2. The van der Waals surface area contributed by atoms with Crippen molar-refractivity contribution < 1.29 is 27.1 Å². The number of carbonyl (C=O) groups is 1. The maximum atomic E-state index is 13.3. The Morgan fingerprint density at radius 3 is 2.32 bits per heavy atom. The Morgan fingerprint density at radius 1 is 1.03 bits per heavy atom. The normalized spacial score (nSPS) is 18.4. The zero-order chi connectivity index (χ0) is 24.3. The predicted octanol–water partition coefficient (Wildman–Crippen LogP) is 3.90. The molecule has 2 heterocycles. The van der Waals surface area contributed by atoms with E-state index in [1.165, 1.54) is 28.6 Å². The molecule has 34 heavy (non-hydrogen) atoms. The van der Waals surface area contributed by atoms with Crippen molar-refractivity contribution in [1.29, 1.82) is 0 Å². The number of nitrogens with one attached hydrogen (secondary N) is 1. The number of fused-ring (bicyclic) bond motifs is 1. The standard InChI is InChI=1S/C25H31FN2O5S/c1-17(2)24(18-4-6-20(26)7-5-18)27-25(29)19-10-12-28(13-11-19)34(30,31)21-8-9-22-23(16-21)33-15-3-14-32-22/h4-9,16-17,19,24H,3,10-15H2,1-2H3,(H,27,29). The van der Waals surface area contributed by atoms with Crippen LogP contribution in [0.15, 0.2) is 47.4 Å². The second-order valence-electron chi connectivity index (χ2n) is 9.12. The largest absolute Gasteiger partial charge is 0.490 e. The number of carbonyl (C=O) groups excluding carboxylic acids is 1. The number of hydrogen-bond donors (Lipinski definition) is 1. The first kappa shape index (κ1) is 24.5. The molecular weight excluding hydrogens is 459 g/mol. The monoisotopic (exact) mass is 490 g/mol. The number of piperidine rings is 1. The lowest BCUT2D eigenvalue weighted by molar-refractivity contribution is -0.127. The fraction of sp³-hybridized carbons (Fsp3) is 0.480. The molecule has 1 saturated heterocycles. The van der Waals surface area contributed by atoms with Crippen LogP contribution in [-0.2, 0) is 14.8 Å². The lowest BCUT2D eigenvalue weighted by Gasteiger charge is -2.32. The van der Waals surface area contributed by atoms with Crippen LogP contribution in [0.25, 0.3) is 0 Å². The quantitative estimate of drug-likeness (QED) is 0.664. The maximum Gasteiger partial charge on any atom is 0.243 e. The van der Waals surface area contributed by atoms with E-state index in [4.69, 9.17) is 9.47 Å². The van der Waals surface area contributed by atoms with E-state index in [0.717, 1.165) is 12.0 Å². The van der Waals surface area contributed by atoms with Crippen molar-refractivity contribution in [2.75, 3.05) is 26.3 Å². The van der Waals surface area contributed by atoms with Crippen LogP contribution in [0.3, 0.4) is 0 Å². The summed E-state index contributed by atoms with van der Waals surface area (Å²) in [6.45, 7) is 5.53. The van der Waals surface area contributed by atoms with Crippen LogP contribution < -0.4 is 14.8 Å². The second kappa shape index (κ2) is 10.3. The highest BCUT2D eigenvalue weighted by Crippen LogP contribution is 2.34. The number of nitrogens with zero attached hydrogens (tertiary/aromatic N) is 1. The Balaban J connectivity index is 1.39. The summed E-state index contributed by atoms with van der Waals surface area (Å²) < 4.78 is 52.4. The Bertz CT molecular complexity index is 1110. The van der Waals surface area contributed by atoms with Crippen LogP contribution in [0.2, 0.25) is 0 Å². The molecule has 0 aromatic heterocycles. The van der Waals surface area contributed by atoms with E-state index in [1.807, 2.05) is 13.8 Å². The lowest BCUT2D eigenvalue weighted by atomic mass is 9.92. The number of rotatable bonds is 6. The van der Waals surface area contributed by atoms with E-state index in [9.17, 15) is 17.6 Å². The Labute approximate surface area is 200 Å². The van der Waals surface area contributed by atoms with Crippen molar-refractivity contribution >= 4 is 15.9 Å². The van der Waals surface area contributed by atoms with Crippen LogP contribution in [0.5, 0.6) is 11.5 Å². The van der Waals surface area contributed by atoms with Gasteiger partial charge in [0, 0.05) is 31.5 Å². The molecule has 1 N–H and O–H groups in total. The van der Waals surface area contributed by atoms with E-state index < -0.39 is 10.0 Å². The molecule has 4 rings (SSSR count). The van der Waals surface area contributed by atoms with Gasteiger partial charge < -0.3 is 14.8 Å². The molecule has 0 radical (unpaired) electrons. The zero-order valence-electron chi connectivity index (χ0n) is 19.5. The molecule has 184 valence electrons. The molecule has 1 fully saturated rings. The van der Waals surface area contributed by atoms with Gasteiger partial charge in [-0.15, -0.1) is 0 Å². The van der Waals surface area contributed by atoms with Crippen molar-refractivity contribution in [1.82, 2.24) is 9.62 Å². The summed E-state index contributed by atoms with van der Waals surface area (Å²) in [6.07, 6.45) is 1.61. The number of benzene rings is 2. The molecule has 0 bridgehead atoms. The van der Waals surface area contributed by atoms with Gasteiger partial charge in [-0.05, 0) is 48.6 Å². The predicted molar refractivity (Wildman–Crippen MR) is 126 cm³/mol. The lowest BCUT2D eigenvalue weighted by Crippen LogP contribution is -2.44. The van der Waals surface area contributed by atoms with Crippen molar-refractivity contribution in [2.45, 2.75) is 44.0 Å². The number of ether oxygens (including phenoxy) is 2. The van der Waals surface area contributed by atoms with Gasteiger partial charge in [0.2, 0.25) is 15.9 Å². The van der Waals surface area contributed by atoms with E-state index in [2.05, 4.69) is 5.32 Å². The molecule has 9 heteroatoms. The van der Waals surface area contributed by atoms with Crippen LogP contribution >= 0.6 is 0 Å². The van der Waals surface area contributed by atoms with E-state index in [-0.39, 0.29) is 47.6 Å². The molecule has 2 aromatic rings. The average molecular weight is 491 g/mol. The smallest absolute Gasteiger partial charge is 0.243 e. The molecule has 2 aliphatic rings. The van der Waals surface area contributed by atoms with Gasteiger partial charge in [-0.3, -0.25) is 4.79 Å². The minimum Gasteiger partial charge on any atom is -0.490 e. The number of sulfonamides is 1. The van der Waals surface area contributed by atoms with Gasteiger partial charge >= 0.3 is 0 Å². The summed E-state index contributed by atoms with van der Waals surface area (Å²) in [5.74, 6) is 0.405. The summed E-state index contributed by atoms with van der Waals surface area (Å²) in [5.41, 5.74) is 0.846. The second-order valence-corrected chi connectivity index (χ2v) is 11.1. The van der Waals surface area contributed by atoms with E-state index in [1.54, 1.807) is 18.2 Å². The number of halogens is 1. The van der Waals surface area contributed by atoms with Crippen LogP contribution in [-0.4, -0.2) is 44.9 Å². The van der Waals surface area contributed by atoms with Gasteiger partial charge in [0.25, 0.3) is 0 Å². The van der Waals surface area contributed by atoms with Gasteiger partial charge in [-0.1, -0.05) is 26.0 Å². The molecule has 0 aliphatic carbocycles. The van der Waals surface area contributed by atoms with E-state index in [0.29, 0.717) is 37.6 Å². The molecule has 1 amide bonds. The van der Waals surface area contributed by atoms with Crippen molar-refractivity contribution in [3.8, 4) is 11.5 Å².